The van der Waals surface area contributed by atoms with E-state index in [4.69, 9.17) is 21.0 Å². The fourth-order valence-corrected chi connectivity index (χ4v) is 4.53. The lowest BCUT2D eigenvalue weighted by atomic mass is 10.1. The Hall–Kier alpha value is -4.04. The molecule has 1 fully saturated rings. The van der Waals surface area contributed by atoms with E-state index in [2.05, 4.69) is 27.6 Å². The van der Waals surface area contributed by atoms with Gasteiger partial charge in [0.15, 0.2) is 17.2 Å². The second-order valence-corrected chi connectivity index (χ2v) is 8.56. The number of hydrogen-bond donors (Lipinski definition) is 0. The largest absolute Gasteiger partial charge is 0.493 e. The molecule has 0 spiro atoms. The molecule has 5 rings (SSSR count). The third-order valence-electron chi connectivity index (χ3n) is 6.32. The Kier molecular flexibility index (Phi) is 6.31. The maximum atomic E-state index is 7.19. The first-order valence-corrected chi connectivity index (χ1v) is 11.7. The van der Waals surface area contributed by atoms with Crippen LogP contribution in [0, 0.1) is 6.57 Å². The molecule has 0 amide bonds. The number of nitrogens with zero attached hydrogens (tertiary/aromatic N) is 3. The van der Waals surface area contributed by atoms with Crippen molar-refractivity contribution in [1.82, 2.24) is 9.55 Å². The summed E-state index contributed by atoms with van der Waals surface area (Å²) < 4.78 is 14.2. The van der Waals surface area contributed by atoms with E-state index in [9.17, 15) is 0 Å². The topological polar surface area (TPSA) is 40.6 Å². The molecule has 0 radical (unpaired) electrons. The van der Waals surface area contributed by atoms with Gasteiger partial charge in [0, 0.05) is 12.1 Å². The summed E-state index contributed by atoms with van der Waals surface area (Å²) >= 11 is 0. The average Bonchev–Trinajstić information content (AvgIpc) is 3.52. The van der Waals surface area contributed by atoms with Gasteiger partial charge in [-0.05, 0) is 61.6 Å². The fraction of sp³-hybridized carbons (Fsp3) is 0.241. The summed E-state index contributed by atoms with van der Waals surface area (Å²) in [7, 11) is 1.68. The first-order chi connectivity index (χ1) is 16.7. The number of para-hydroxylation sites is 3. The van der Waals surface area contributed by atoms with Gasteiger partial charge in [0.05, 0.1) is 30.8 Å². The van der Waals surface area contributed by atoms with Crippen molar-refractivity contribution < 1.29 is 9.47 Å². The van der Waals surface area contributed by atoms with Crippen LogP contribution < -0.4 is 9.47 Å². The molecule has 1 saturated carbocycles. The molecule has 4 aromatic rings. The Bertz CT molecular complexity index is 1360. The molecule has 1 aliphatic rings. The van der Waals surface area contributed by atoms with E-state index in [1.54, 1.807) is 7.11 Å². The van der Waals surface area contributed by atoms with E-state index in [0.717, 1.165) is 52.3 Å². The molecule has 0 saturated heterocycles. The Morgan fingerprint density at radius 3 is 2.56 bits per heavy atom. The number of imidazole rings is 1. The van der Waals surface area contributed by atoms with Crippen LogP contribution in [0.2, 0.25) is 0 Å². The summed E-state index contributed by atoms with van der Waals surface area (Å²) in [5.41, 5.74) is 4.77. The predicted octanol–water partition coefficient (Wildman–Crippen LogP) is 7.14. The molecule has 0 atom stereocenters. The molecule has 1 aromatic heterocycles. The highest BCUT2D eigenvalue weighted by Gasteiger charge is 2.20. The maximum absolute atomic E-state index is 7.19. The molecular weight excluding hydrogens is 422 g/mol. The molecule has 34 heavy (non-hydrogen) atoms. The normalized spacial score (nSPS) is 14.0. The third-order valence-corrected chi connectivity index (χ3v) is 6.32. The van der Waals surface area contributed by atoms with E-state index >= 15 is 0 Å². The number of aromatic nitrogens is 2. The van der Waals surface area contributed by atoms with E-state index < -0.39 is 0 Å². The van der Waals surface area contributed by atoms with Gasteiger partial charge in [-0.2, -0.15) is 0 Å². The fourth-order valence-electron chi connectivity index (χ4n) is 4.53. The summed E-state index contributed by atoms with van der Waals surface area (Å²) in [4.78, 5) is 8.38. The molecular formula is C29H27N3O2. The van der Waals surface area contributed by atoms with Crippen LogP contribution in [0.4, 0.5) is 5.69 Å². The summed E-state index contributed by atoms with van der Waals surface area (Å²) in [5.74, 6) is 2.41. The van der Waals surface area contributed by atoms with Crippen LogP contribution in [0.1, 0.15) is 42.6 Å². The smallest absolute Gasteiger partial charge is 0.187 e. The minimum absolute atomic E-state index is 0.242. The zero-order valence-electron chi connectivity index (χ0n) is 19.3. The molecule has 5 heteroatoms. The molecule has 0 unspecified atom stereocenters. The van der Waals surface area contributed by atoms with Crippen molar-refractivity contribution in [2.45, 2.75) is 38.3 Å². The highest BCUT2D eigenvalue weighted by molar-refractivity contribution is 5.81. The molecule has 0 N–H and O–H groups in total. The summed E-state index contributed by atoms with van der Waals surface area (Å²) in [6.45, 7) is 7.86. The van der Waals surface area contributed by atoms with Crippen molar-refractivity contribution in [2.24, 2.45) is 0 Å². The lowest BCUT2D eigenvalue weighted by molar-refractivity contribution is 0.200. The SMILES string of the molecule is [C-]#[N+]c1ccc(Cn2c(/C=C/c3cccc(OC)c3OC3CCCC3)nc3ccccc32)cc1. The lowest BCUT2D eigenvalue weighted by Crippen LogP contribution is -2.12. The van der Waals surface area contributed by atoms with E-state index in [-0.39, 0.29) is 6.10 Å². The zero-order valence-corrected chi connectivity index (χ0v) is 19.3. The maximum Gasteiger partial charge on any atom is 0.187 e. The van der Waals surface area contributed by atoms with Crippen LogP contribution >= 0.6 is 0 Å². The molecule has 170 valence electrons. The van der Waals surface area contributed by atoms with Crippen molar-refractivity contribution in [3.63, 3.8) is 0 Å². The first-order valence-electron chi connectivity index (χ1n) is 11.7. The first kappa shape index (κ1) is 21.8. The van der Waals surface area contributed by atoms with Crippen LogP contribution in [-0.4, -0.2) is 22.8 Å². The quantitative estimate of drug-likeness (QED) is 0.282. The van der Waals surface area contributed by atoms with Gasteiger partial charge in [0.25, 0.3) is 0 Å². The molecule has 5 nitrogen and oxygen atoms in total. The standard InChI is InChI=1S/C29H27N3O2/c1-30-23-17-14-21(15-18-23)20-32-26-12-6-5-11-25(26)31-28(32)19-16-22-8-7-13-27(33-2)29(22)34-24-9-3-4-10-24/h5-8,11-19,24H,3-4,9-10,20H2,2H3/b19-16+. The molecule has 3 aromatic carbocycles. The molecule has 0 bridgehead atoms. The average molecular weight is 450 g/mol. The van der Waals surface area contributed by atoms with E-state index in [0.29, 0.717) is 12.2 Å². The summed E-state index contributed by atoms with van der Waals surface area (Å²) in [6.07, 6.45) is 8.95. The summed E-state index contributed by atoms with van der Waals surface area (Å²) in [6, 6.07) is 21.9. The number of rotatable bonds is 7. The van der Waals surface area contributed by atoms with Crippen LogP contribution in [-0.2, 0) is 6.54 Å². The predicted molar refractivity (Wildman–Crippen MR) is 136 cm³/mol. The van der Waals surface area contributed by atoms with Crippen molar-refractivity contribution >= 4 is 28.9 Å². The number of ether oxygens (including phenoxy) is 2. The summed E-state index contributed by atoms with van der Waals surface area (Å²) in [5, 5.41) is 0. The van der Waals surface area contributed by atoms with Crippen molar-refractivity contribution in [3.05, 3.63) is 95.1 Å². The van der Waals surface area contributed by atoms with Crippen molar-refractivity contribution in [1.29, 1.82) is 0 Å². The Morgan fingerprint density at radius 1 is 1.00 bits per heavy atom. The number of fused-ring (bicyclic) bond motifs is 1. The lowest BCUT2D eigenvalue weighted by Gasteiger charge is -2.18. The van der Waals surface area contributed by atoms with Gasteiger partial charge in [0.2, 0.25) is 0 Å². The van der Waals surface area contributed by atoms with Crippen molar-refractivity contribution in [3.8, 4) is 11.5 Å². The highest BCUT2D eigenvalue weighted by atomic mass is 16.5. The van der Waals surface area contributed by atoms with Crippen molar-refractivity contribution in [2.75, 3.05) is 7.11 Å². The Labute approximate surface area is 200 Å². The number of methoxy groups -OCH3 is 1. The number of hydrogen-bond acceptors (Lipinski definition) is 3. The van der Waals surface area contributed by atoms with Gasteiger partial charge in [-0.15, -0.1) is 0 Å². The Morgan fingerprint density at radius 2 is 1.79 bits per heavy atom. The number of benzene rings is 3. The molecule has 0 aliphatic heterocycles. The monoisotopic (exact) mass is 449 g/mol. The van der Waals surface area contributed by atoms with Crippen LogP contribution in [0.3, 0.4) is 0 Å². The molecule has 1 aliphatic carbocycles. The van der Waals surface area contributed by atoms with Gasteiger partial charge in [-0.25, -0.2) is 9.83 Å². The highest BCUT2D eigenvalue weighted by Crippen LogP contribution is 2.36. The van der Waals surface area contributed by atoms with E-state index in [1.807, 2.05) is 60.7 Å². The van der Waals surface area contributed by atoms with Gasteiger partial charge >= 0.3 is 0 Å². The third kappa shape index (κ3) is 4.53. The van der Waals surface area contributed by atoms with Gasteiger partial charge in [-0.3, -0.25) is 0 Å². The van der Waals surface area contributed by atoms with Gasteiger partial charge in [0.1, 0.15) is 5.82 Å². The molecule has 1 heterocycles. The van der Waals surface area contributed by atoms with Crippen LogP contribution in [0.25, 0.3) is 28.0 Å². The zero-order chi connectivity index (χ0) is 23.3. The van der Waals surface area contributed by atoms with Gasteiger partial charge < -0.3 is 14.0 Å². The minimum Gasteiger partial charge on any atom is -0.493 e. The van der Waals surface area contributed by atoms with Crippen LogP contribution in [0.5, 0.6) is 11.5 Å². The second kappa shape index (κ2) is 9.84. The Balaban J connectivity index is 1.51. The minimum atomic E-state index is 0.242. The van der Waals surface area contributed by atoms with E-state index in [1.165, 1.54) is 12.8 Å². The second-order valence-electron chi connectivity index (χ2n) is 8.56. The van der Waals surface area contributed by atoms with Crippen LogP contribution in [0.15, 0.2) is 66.7 Å². The van der Waals surface area contributed by atoms with Gasteiger partial charge in [-0.1, -0.05) is 48.5 Å².